The van der Waals surface area contributed by atoms with E-state index in [9.17, 15) is 19.5 Å². The molecule has 11 heteroatoms. The quantitative estimate of drug-likeness (QED) is 0.450. The summed E-state index contributed by atoms with van der Waals surface area (Å²) >= 11 is 0. The van der Waals surface area contributed by atoms with Crippen LogP contribution in [0.1, 0.15) is 59.8 Å². The summed E-state index contributed by atoms with van der Waals surface area (Å²) in [4.78, 5) is 38.8. The Hall–Kier alpha value is -1.85. The summed E-state index contributed by atoms with van der Waals surface area (Å²) in [7, 11) is -0.602. The van der Waals surface area contributed by atoms with Gasteiger partial charge < -0.3 is 34.7 Å². The molecule has 2 bridgehead atoms. The fourth-order valence-corrected chi connectivity index (χ4v) is 6.42. The summed E-state index contributed by atoms with van der Waals surface area (Å²) in [6.07, 6.45) is 1.87. The molecule has 190 valence electrons. The molecule has 3 aliphatic carbocycles. The third kappa shape index (κ3) is 4.66. The zero-order valence-electron chi connectivity index (χ0n) is 20.7. The summed E-state index contributed by atoms with van der Waals surface area (Å²) < 4.78 is 18.1. The largest absolute Gasteiger partial charge is 0.481 e. The van der Waals surface area contributed by atoms with Crippen molar-refractivity contribution in [2.45, 2.75) is 83.5 Å². The van der Waals surface area contributed by atoms with Gasteiger partial charge in [-0.15, -0.1) is 0 Å². The number of hydrogen-bond acceptors (Lipinski definition) is 6. The van der Waals surface area contributed by atoms with Crippen LogP contribution in [0, 0.1) is 17.3 Å². The first-order valence-electron chi connectivity index (χ1n) is 12.5. The van der Waals surface area contributed by atoms with Crippen LogP contribution in [0.15, 0.2) is 0 Å². The predicted molar refractivity (Wildman–Crippen MR) is 124 cm³/mol. The first-order chi connectivity index (χ1) is 16.1. The van der Waals surface area contributed by atoms with Crippen molar-refractivity contribution in [3.8, 4) is 0 Å². The van der Waals surface area contributed by atoms with Gasteiger partial charge in [-0.05, 0) is 43.4 Å². The summed E-state index contributed by atoms with van der Waals surface area (Å²) in [6.45, 7) is 10.5. The number of nitrogens with zero attached hydrogens (tertiary/aromatic N) is 1. The van der Waals surface area contributed by atoms with Gasteiger partial charge in [0.1, 0.15) is 6.04 Å². The van der Waals surface area contributed by atoms with Gasteiger partial charge in [0, 0.05) is 13.1 Å². The van der Waals surface area contributed by atoms with Crippen molar-refractivity contribution in [2.24, 2.45) is 17.3 Å². The summed E-state index contributed by atoms with van der Waals surface area (Å²) in [5.41, 5.74) is -0.186. The van der Waals surface area contributed by atoms with Crippen LogP contribution < -0.4 is 10.6 Å². The van der Waals surface area contributed by atoms with E-state index in [4.69, 9.17) is 14.0 Å². The van der Waals surface area contributed by atoms with E-state index in [0.717, 1.165) is 19.3 Å². The number of carboxylic acid groups (broad SMARTS) is 1. The van der Waals surface area contributed by atoms with Crippen LogP contribution >= 0.6 is 0 Å². The number of morpholine rings is 1. The van der Waals surface area contributed by atoms with Crippen molar-refractivity contribution < 1.29 is 33.5 Å². The normalized spacial score (nSPS) is 33.4. The molecule has 0 aromatic rings. The van der Waals surface area contributed by atoms with Gasteiger partial charge in [-0.2, -0.15) is 0 Å². The van der Waals surface area contributed by atoms with Crippen LogP contribution in [0.5, 0.6) is 0 Å². The Bertz CT molecular complexity index is 805. The molecule has 0 spiro atoms. The van der Waals surface area contributed by atoms with Gasteiger partial charge >= 0.3 is 13.2 Å². The molecule has 34 heavy (non-hydrogen) atoms. The van der Waals surface area contributed by atoms with Gasteiger partial charge in [-0.1, -0.05) is 27.2 Å². The number of amides is 3. The second-order valence-electron chi connectivity index (χ2n) is 10.9. The minimum absolute atomic E-state index is 0.0126. The third-order valence-corrected chi connectivity index (χ3v) is 8.58. The highest BCUT2D eigenvalue weighted by Crippen LogP contribution is 2.65. The highest BCUT2D eigenvalue weighted by molar-refractivity contribution is 6.47. The molecule has 6 atom stereocenters. The molecular formula is C23H38BN3O7. The fourth-order valence-electron chi connectivity index (χ4n) is 6.42. The molecule has 0 aromatic carbocycles. The molecule has 5 rings (SSSR count). The van der Waals surface area contributed by atoms with Crippen molar-refractivity contribution in [3.63, 3.8) is 0 Å². The first-order valence-corrected chi connectivity index (χ1v) is 12.5. The van der Waals surface area contributed by atoms with Crippen LogP contribution in [-0.4, -0.2) is 85.0 Å². The van der Waals surface area contributed by atoms with Crippen molar-refractivity contribution in [1.82, 2.24) is 15.5 Å². The minimum Gasteiger partial charge on any atom is -0.465 e. The lowest BCUT2D eigenvalue weighted by molar-refractivity contribution is -0.199. The summed E-state index contributed by atoms with van der Waals surface area (Å²) in [6, 6.07) is -1.20. The zero-order valence-corrected chi connectivity index (χ0v) is 20.7. The second-order valence-corrected chi connectivity index (χ2v) is 10.9. The van der Waals surface area contributed by atoms with Gasteiger partial charge in [-0.25, -0.2) is 4.79 Å². The van der Waals surface area contributed by atoms with E-state index in [1.54, 1.807) is 4.90 Å². The molecular weight excluding hydrogens is 441 g/mol. The molecule has 3 amide bonds. The van der Waals surface area contributed by atoms with Gasteiger partial charge in [0.15, 0.2) is 0 Å². The molecule has 0 radical (unpaired) electrons. The maximum Gasteiger partial charge on any atom is 0.481 e. The molecule has 0 unspecified atom stereocenters. The van der Waals surface area contributed by atoms with E-state index in [0.29, 0.717) is 44.6 Å². The zero-order chi connectivity index (χ0) is 24.7. The van der Waals surface area contributed by atoms with Crippen LogP contribution in [0.4, 0.5) is 4.79 Å². The highest BCUT2D eigenvalue weighted by Gasteiger charge is 2.68. The summed E-state index contributed by atoms with van der Waals surface area (Å²) in [5.74, 6) is -0.235. The topological polar surface area (TPSA) is 126 Å². The monoisotopic (exact) mass is 479 g/mol. The Morgan fingerprint density at radius 3 is 2.47 bits per heavy atom. The maximum atomic E-state index is 13.2. The summed E-state index contributed by atoms with van der Waals surface area (Å²) in [5, 5.41) is 14.4. The van der Waals surface area contributed by atoms with E-state index >= 15 is 0 Å². The van der Waals surface area contributed by atoms with Crippen LogP contribution in [0.3, 0.4) is 0 Å². The van der Waals surface area contributed by atoms with E-state index in [-0.39, 0.29) is 23.8 Å². The lowest BCUT2D eigenvalue weighted by Crippen LogP contribution is -2.65. The molecule has 2 aliphatic heterocycles. The first kappa shape index (κ1) is 25.3. The molecule has 3 N–H and O–H groups in total. The molecule has 5 fully saturated rings. The Balaban J connectivity index is 1.42. The number of hydrogen-bond donors (Lipinski definition) is 3. The number of carbonyl (C=O) groups excluding carboxylic acids is 2. The fraction of sp³-hybridized carbons (Fsp3) is 0.870. The van der Waals surface area contributed by atoms with E-state index in [1.807, 2.05) is 6.92 Å². The highest BCUT2D eigenvalue weighted by atomic mass is 16.7. The molecule has 5 aliphatic rings. The molecule has 3 saturated carbocycles. The van der Waals surface area contributed by atoms with Crippen LogP contribution in [-0.2, 0) is 23.6 Å². The molecule has 0 aromatic heterocycles. The van der Waals surface area contributed by atoms with E-state index < -0.39 is 36.7 Å². The van der Waals surface area contributed by atoms with Crippen molar-refractivity contribution in [1.29, 1.82) is 0 Å². The predicted octanol–water partition coefficient (Wildman–Crippen LogP) is 1.42. The number of ether oxygens (including phenoxy) is 1. The standard InChI is InChI=1S/C23H38BN3O7/c1-5-6-18(24-33-17-12-14-11-16(22(14,2)3)23(17,4)34-24)26-20(29)15(25-21(30)31)13-19(28)27-7-9-32-10-8-27/h14-18,25H,5-13H2,1-4H3,(H,26,29)(H,30,31)/t14-,15+,16-,17+,18-,23-/m0/s1. The van der Waals surface area contributed by atoms with Crippen molar-refractivity contribution >= 4 is 25.0 Å². The van der Waals surface area contributed by atoms with Crippen molar-refractivity contribution in [3.05, 3.63) is 0 Å². The Morgan fingerprint density at radius 2 is 1.85 bits per heavy atom. The van der Waals surface area contributed by atoms with E-state index in [1.165, 1.54) is 0 Å². The molecule has 2 saturated heterocycles. The number of carbonyl (C=O) groups is 3. The van der Waals surface area contributed by atoms with Crippen LogP contribution in [0.25, 0.3) is 0 Å². The van der Waals surface area contributed by atoms with Gasteiger partial charge in [-0.3, -0.25) is 9.59 Å². The lowest BCUT2D eigenvalue weighted by Gasteiger charge is -2.64. The SMILES string of the molecule is CCC[C@H](NC(=O)[C@@H](CC(=O)N1CCOCC1)NC(=O)O)B1O[C@@H]2C[C@@H]3C[C@@H](C3(C)C)[C@]2(C)O1. The number of rotatable bonds is 8. The number of nitrogens with one attached hydrogen (secondary N) is 2. The molecule has 10 nitrogen and oxygen atoms in total. The average Bonchev–Trinajstić information content (AvgIpc) is 3.15. The van der Waals surface area contributed by atoms with Gasteiger partial charge in [0.25, 0.3) is 0 Å². The smallest absolute Gasteiger partial charge is 0.465 e. The minimum atomic E-state index is -1.35. The van der Waals surface area contributed by atoms with Gasteiger partial charge in [0.05, 0.1) is 37.3 Å². The average molecular weight is 479 g/mol. The molecule has 2 heterocycles. The second kappa shape index (κ2) is 9.66. The van der Waals surface area contributed by atoms with E-state index in [2.05, 4.69) is 31.4 Å². The maximum absolute atomic E-state index is 13.2. The van der Waals surface area contributed by atoms with Crippen LogP contribution in [0.2, 0.25) is 0 Å². The Labute approximate surface area is 201 Å². The third-order valence-electron chi connectivity index (χ3n) is 8.58. The Morgan fingerprint density at radius 1 is 1.15 bits per heavy atom. The lowest BCUT2D eigenvalue weighted by atomic mass is 9.43. The Kier molecular flexibility index (Phi) is 7.17. The van der Waals surface area contributed by atoms with Gasteiger partial charge in [0.2, 0.25) is 11.8 Å². The van der Waals surface area contributed by atoms with Crippen molar-refractivity contribution in [2.75, 3.05) is 26.3 Å².